The third-order valence-electron chi connectivity index (χ3n) is 4.74. The minimum atomic E-state index is -3.26. The summed E-state index contributed by atoms with van der Waals surface area (Å²) in [4.78, 5) is 11.4. The molecule has 2 atom stereocenters. The Kier molecular flexibility index (Phi) is 9.46. The van der Waals surface area contributed by atoms with Crippen LogP contribution >= 0.6 is 0 Å². The van der Waals surface area contributed by atoms with E-state index in [4.69, 9.17) is 15.2 Å². The van der Waals surface area contributed by atoms with Crippen LogP contribution in [0.1, 0.15) is 59.1 Å². The average Bonchev–Trinajstić information content (AvgIpc) is 2.71. The smallest absolute Gasteiger partial charge is 0.241 e. The normalized spacial score (nSPS) is 14.0. The third kappa shape index (κ3) is 9.53. The van der Waals surface area contributed by atoms with Crippen LogP contribution in [0, 0.1) is 0 Å². The summed E-state index contributed by atoms with van der Waals surface area (Å²) in [5.74, 6) is 0.108. The molecule has 0 aliphatic heterocycles. The van der Waals surface area contributed by atoms with Crippen molar-refractivity contribution in [2.75, 3.05) is 12.3 Å². The number of sulfonamides is 1. The minimum Gasteiger partial charge on any atom is -0.489 e. The lowest BCUT2D eigenvalue weighted by atomic mass is 9.99. The maximum Gasteiger partial charge on any atom is 0.241 e. The summed E-state index contributed by atoms with van der Waals surface area (Å²) in [7, 11) is -3.26. The molecule has 2 rings (SSSR count). The lowest BCUT2D eigenvalue weighted by molar-refractivity contribution is -0.125. The van der Waals surface area contributed by atoms with Gasteiger partial charge in [-0.2, -0.15) is 0 Å². The Labute approximate surface area is 197 Å². The van der Waals surface area contributed by atoms with Crippen molar-refractivity contribution >= 4 is 15.9 Å². The Morgan fingerprint density at radius 1 is 1.03 bits per heavy atom. The van der Waals surface area contributed by atoms with Gasteiger partial charge in [-0.1, -0.05) is 43.3 Å². The molecule has 0 fully saturated rings. The van der Waals surface area contributed by atoms with Crippen molar-refractivity contribution in [3.8, 4) is 16.9 Å². The highest BCUT2D eigenvalue weighted by Gasteiger charge is 2.22. The molecule has 2 N–H and O–H groups in total. The zero-order chi connectivity index (χ0) is 24.6. The molecule has 181 valence electrons. The van der Waals surface area contributed by atoms with E-state index in [0.29, 0.717) is 12.2 Å². The molecule has 7 nitrogen and oxygen atoms in total. The molecule has 0 saturated carbocycles. The fourth-order valence-electron chi connectivity index (χ4n) is 3.30. The van der Waals surface area contributed by atoms with Gasteiger partial charge in [0.2, 0.25) is 15.9 Å². The first-order valence-corrected chi connectivity index (χ1v) is 12.8. The Balaban J connectivity index is 2.03. The van der Waals surface area contributed by atoms with Crippen molar-refractivity contribution in [1.29, 1.82) is 0 Å². The predicted octanol–water partition coefficient (Wildman–Crippen LogP) is 4.51. The summed E-state index contributed by atoms with van der Waals surface area (Å²) in [5.41, 5.74) is 9.74. The highest BCUT2D eigenvalue weighted by Crippen LogP contribution is 2.30. The molecule has 1 amide bonds. The molecule has 8 heteroatoms. The Bertz CT molecular complexity index is 997. The highest BCUT2D eigenvalue weighted by atomic mass is 32.2. The second-order valence-electron chi connectivity index (χ2n) is 9.09. The van der Waals surface area contributed by atoms with Crippen LogP contribution in [-0.2, 0) is 19.6 Å². The van der Waals surface area contributed by atoms with E-state index in [9.17, 15) is 13.2 Å². The number of benzene rings is 2. The number of ether oxygens (including phenoxy) is 2. The molecule has 0 bridgehead atoms. The van der Waals surface area contributed by atoms with E-state index >= 15 is 0 Å². The van der Waals surface area contributed by atoms with E-state index in [1.165, 1.54) is 0 Å². The fraction of sp³-hybridized carbons (Fsp3) is 0.480. The topological polar surface area (TPSA) is 106 Å². The van der Waals surface area contributed by atoms with Crippen molar-refractivity contribution in [3.63, 3.8) is 0 Å². The number of carbonyl (C=O) groups is 1. The van der Waals surface area contributed by atoms with Crippen molar-refractivity contribution < 1.29 is 22.7 Å². The van der Waals surface area contributed by atoms with Crippen molar-refractivity contribution in [3.05, 3.63) is 54.1 Å². The van der Waals surface area contributed by atoms with Gasteiger partial charge >= 0.3 is 0 Å². The standard InChI is InChI=1S/C25H35N2O5S/c1-6-15-33(29,30)27-17-18(2)31-22-13-11-20(12-14-22)19-7-9-21(10-8-19)23(16-24(26)28)32-25(3,4)5/h7-14,18,23,26-27H,6,15-17H2,1-5H3. The first-order valence-electron chi connectivity index (χ1n) is 11.1. The minimum absolute atomic E-state index is 0.00936. The van der Waals surface area contributed by atoms with Gasteiger partial charge in [-0.25, -0.2) is 13.1 Å². The van der Waals surface area contributed by atoms with E-state index < -0.39 is 27.6 Å². The van der Waals surface area contributed by atoms with Gasteiger partial charge < -0.3 is 9.47 Å². The number of hydrogen-bond donors (Lipinski definition) is 1. The molecule has 0 aliphatic rings. The molecule has 2 aromatic carbocycles. The van der Waals surface area contributed by atoms with Crippen LogP contribution < -0.4 is 15.2 Å². The Hall–Kier alpha value is -2.42. The molecule has 2 unspecified atom stereocenters. The number of rotatable bonds is 12. The SMILES string of the molecule is CCCS(=O)(=O)NCC(C)Oc1ccc(-c2ccc(C(CC([NH])=O)OC(C)(C)C)cc2)cc1. The Morgan fingerprint density at radius 3 is 2.06 bits per heavy atom. The number of amides is 1. The van der Waals surface area contributed by atoms with Gasteiger partial charge in [0.05, 0.1) is 23.9 Å². The van der Waals surface area contributed by atoms with Crippen LogP contribution in [0.15, 0.2) is 48.5 Å². The van der Waals surface area contributed by atoms with Gasteiger partial charge in [0.25, 0.3) is 0 Å². The molecule has 2 aromatic rings. The van der Waals surface area contributed by atoms with E-state index in [2.05, 4.69) is 4.72 Å². The molecule has 0 saturated heterocycles. The van der Waals surface area contributed by atoms with Gasteiger partial charge in [0, 0.05) is 6.54 Å². The van der Waals surface area contributed by atoms with Crippen molar-refractivity contribution in [1.82, 2.24) is 10.5 Å². The molecule has 0 aromatic heterocycles. The van der Waals surface area contributed by atoms with Crippen LogP contribution in [0.2, 0.25) is 0 Å². The third-order valence-corrected chi connectivity index (χ3v) is 6.29. The van der Waals surface area contributed by atoms with Gasteiger partial charge in [-0.3, -0.25) is 10.5 Å². The zero-order valence-corrected chi connectivity index (χ0v) is 20.9. The predicted molar refractivity (Wildman–Crippen MR) is 130 cm³/mol. The summed E-state index contributed by atoms with van der Waals surface area (Å²) < 4.78 is 37.9. The van der Waals surface area contributed by atoms with Gasteiger partial charge in [-0.15, -0.1) is 0 Å². The van der Waals surface area contributed by atoms with Gasteiger partial charge in [-0.05, 0) is 62.9 Å². The van der Waals surface area contributed by atoms with Crippen LogP contribution in [0.5, 0.6) is 5.75 Å². The summed E-state index contributed by atoms with van der Waals surface area (Å²) in [6.45, 7) is 9.63. The largest absolute Gasteiger partial charge is 0.489 e. The summed E-state index contributed by atoms with van der Waals surface area (Å²) >= 11 is 0. The summed E-state index contributed by atoms with van der Waals surface area (Å²) in [6, 6.07) is 15.3. The molecule has 33 heavy (non-hydrogen) atoms. The number of hydrogen-bond acceptors (Lipinski definition) is 5. The fourth-order valence-corrected chi connectivity index (χ4v) is 4.47. The molecule has 0 aliphatic carbocycles. The molecule has 0 spiro atoms. The van der Waals surface area contributed by atoms with Crippen LogP contribution in [0.4, 0.5) is 0 Å². The van der Waals surface area contributed by atoms with E-state index in [1.54, 1.807) is 0 Å². The maximum absolute atomic E-state index is 11.8. The second-order valence-corrected chi connectivity index (χ2v) is 11.0. The lowest BCUT2D eigenvalue weighted by Crippen LogP contribution is -2.34. The van der Waals surface area contributed by atoms with Gasteiger partial charge in [0.15, 0.2) is 0 Å². The van der Waals surface area contributed by atoms with E-state index in [-0.39, 0.29) is 24.8 Å². The molecule has 1 radical (unpaired) electrons. The molecular weight excluding hydrogens is 440 g/mol. The van der Waals surface area contributed by atoms with Crippen molar-refractivity contribution in [2.24, 2.45) is 0 Å². The van der Waals surface area contributed by atoms with Crippen LogP contribution in [0.25, 0.3) is 11.1 Å². The van der Waals surface area contributed by atoms with Crippen LogP contribution in [-0.4, -0.2) is 38.3 Å². The van der Waals surface area contributed by atoms with E-state index in [1.807, 2.05) is 83.1 Å². The van der Waals surface area contributed by atoms with Gasteiger partial charge in [0.1, 0.15) is 11.9 Å². The maximum atomic E-state index is 11.8. The number of carbonyl (C=O) groups excluding carboxylic acids is 1. The molecular formula is C25H35N2O5S. The van der Waals surface area contributed by atoms with E-state index in [0.717, 1.165) is 16.7 Å². The first kappa shape index (κ1) is 26.8. The zero-order valence-electron chi connectivity index (χ0n) is 20.1. The lowest BCUT2D eigenvalue weighted by Gasteiger charge is -2.27. The quantitative estimate of drug-likeness (QED) is 0.486. The van der Waals surface area contributed by atoms with Crippen LogP contribution in [0.3, 0.4) is 0 Å². The number of nitrogens with one attached hydrogen (secondary N) is 2. The second kappa shape index (κ2) is 11.6. The first-order chi connectivity index (χ1) is 15.4. The summed E-state index contributed by atoms with van der Waals surface area (Å²) in [6.07, 6.45) is -0.188. The average molecular weight is 476 g/mol. The Morgan fingerprint density at radius 2 is 1.58 bits per heavy atom. The molecule has 0 heterocycles. The monoisotopic (exact) mass is 475 g/mol. The highest BCUT2D eigenvalue weighted by molar-refractivity contribution is 7.89. The summed E-state index contributed by atoms with van der Waals surface area (Å²) in [5, 5.41) is 0. The van der Waals surface area contributed by atoms with Crippen molar-refractivity contribution in [2.45, 2.75) is 65.3 Å².